The van der Waals surface area contributed by atoms with Crippen molar-refractivity contribution in [1.82, 2.24) is 34.9 Å². The number of fused-ring (bicyclic) bond motifs is 4. The Morgan fingerprint density at radius 1 is 0.953 bits per heavy atom. The molecule has 0 amide bonds. The maximum Gasteiger partial charge on any atom is 0.161 e. The van der Waals surface area contributed by atoms with Crippen LogP contribution in [0.25, 0.3) is 33.1 Å². The Balaban J connectivity index is 0.000000153. The SMILES string of the molecule is CC1CC(CCC#N)CC1Nc1c(N)cnc2[nH]ccc12.C[C@@H]1C[C@@H](CCC#N)C[C@@H]1n1[nH]nc2cnc3nccc3c21. The lowest BCUT2D eigenvalue weighted by Crippen LogP contribution is -2.22. The number of H-pyrrole nitrogens is 2. The molecule has 5 N–H and O–H groups in total. The average Bonchev–Trinajstić information content (AvgIpc) is 3.83. The summed E-state index contributed by atoms with van der Waals surface area (Å²) >= 11 is 0. The highest BCUT2D eigenvalue weighted by Gasteiger charge is 2.34. The first kappa shape index (κ1) is 28.5. The third kappa shape index (κ3) is 5.72. The Kier molecular flexibility index (Phi) is 8.15. The van der Waals surface area contributed by atoms with E-state index in [1.165, 1.54) is 12.8 Å². The van der Waals surface area contributed by atoms with Crippen molar-refractivity contribution in [3.05, 3.63) is 36.9 Å². The lowest BCUT2D eigenvalue weighted by molar-refractivity contribution is 0.375. The summed E-state index contributed by atoms with van der Waals surface area (Å²) in [6, 6.07) is 9.34. The predicted octanol–water partition coefficient (Wildman–Crippen LogP) is 6.47. The maximum atomic E-state index is 8.79. The molecule has 5 aromatic rings. The lowest BCUT2D eigenvalue weighted by atomic mass is 10.0. The van der Waals surface area contributed by atoms with E-state index in [9.17, 15) is 0 Å². The molecule has 0 saturated heterocycles. The molecule has 7 rings (SSSR count). The molecule has 0 aromatic carbocycles. The Morgan fingerprint density at radius 2 is 1.72 bits per heavy atom. The van der Waals surface area contributed by atoms with Crippen molar-refractivity contribution in [2.24, 2.45) is 23.7 Å². The molecule has 3 unspecified atom stereocenters. The normalized spacial score (nSPS) is 25.0. The van der Waals surface area contributed by atoms with Crippen LogP contribution in [0, 0.1) is 46.3 Å². The number of nitrogens with zero attached hydrogens (tertiary/aromatic N) is 7. The number of nitrogens with one attached hydrogen (secondary N) is 3. The van der Waals surface area contributed by atoms with Crippen LogP contribution < -0.4 is 11.1 Å². The highest BCUT2D eigenvalue weighted by Crippen LogP contribution is 2.43. The Hall–Kier alpha value is -4.64. The molecule has 11 heteroatoms. The number of anilines is 2. The van der Waals surface area contributed by atoms with Crippen LogP contribution in [0.2, 0.25) is 0 Å². The second-order valence-electron chi connectivity index (χ2n) is 12.4. The number of aromatic nitrogens is 7. The molecule has 6 atom stereocenters. The van der Waals surface area contributed by atoms with Gasteiger partial charge in [0, 0.05) is 42.0 Å². The molecule has 11 nitrogen and oxygen atoms in total. The maximum absolute atomic E-state index is 8.79. The minimum absolute atomic E-state index is 0.397. The van der Waals surface area contributed by atoms with Crippen LogP contribution in [0.4, 0.5) is 11.4 Å². The summed E-state index contributed by atoms with van der Waals surface area (Å²) in [5, 5.41) is 30.8. The number of nitrogen functional groups attached to an aromatic ring is 1. The zero-order valence-corrected chi connectivity index (χ0v) is 24.8. The molecule has 5 aromatic heterocycles. The molecule has 222 valence electrons. The Bertz CT molecular complexity index is 1780. The van der Waals surface area contributed by atoms with E-state index in [0.717, 1.165) is 64.5 Å². The summed E-state index contributed by atoms with van der Waals surface area (Å²) in [7, 11) is 0. The number of hydrogen-bond donors (Lipinski definition) is 4. The molecular weight excluding hydrogens is 538 g/mol. The van der Waals surface area contributed by atoms with Crippen LogP contribution >= 0.6 is 0 Å². The van der Waals surface area contributed by atoms with Crippen molar-refractivity contribution in [2.45, 2.75) is 77.3 Å². The van der Waals surface area contributed by atoms with Gasteiger partial charge >= 0.3 is 0 Å². The van der Waals surface area contributed by atoms with Crippen molar-refractivity contribution in [3.8, 4) is 12.1 Å². The fraction of sp³-hybridized carbons (Fsp3) is 0.500. The van der Waals surface area contributed by atoms with E-state index in [-0.39, 0.29) is 0 Å². The fourth-order valence-corrected chi connectivity index (χ4v) is 7.34. The van der Waals surface area contributed by atoms with E-state index in [4.69, 9.17) is 16.3 Å². The van der Waals surface area contributed by atoms with E-state index in [1.54, 1.807) is 18.6 Å². The zero-order valence-electron chi connectivity index (χ0n) is 24.8. The van der Waals surface area contributed by atoms with E-state index in [0.29, 0.717) is 54.3 Å². The summed E-state index contributed by atoms with van der Waals surface area (Å²) in [4.78, 5) is 16.0. The second-order valence-corrected chi connectivity index (χ2v) is 12.4. The third-order valence-electron chi connectivity index (χ3n) is 9.53. The van der Waals surface area contributed by atoms with Gasteiger partial charge in [-0.15, -0.1) is 0 Å². The van der Waals surface area contributed by atoms with Gasteiger partial charge in [-0.05, 0) is 74.3 Å². The van der Waals surface area contributed by atoms with Crippen LogP contribution in [0.3, 0.4) is 0 Å². The van der Waals surface area contributed by atoms with Crippen molar-refractivity contribution >= 4 is 44.5 Å². The van der Waals surface area contributed by atoms with Gasteiger partial charge < -0.3 is 16.0 Å². The quantitative estimate of drug-likeness (QED) is 0.170. The van der Waals surface area contributed by atoms with Gasteiger partial charge in [0.1, 0.15) is 11.2 Å². The first-order valence-electron chi connectivity index (χ1n) is 15.3. The monoisotopic (exact) mass is 577 g/mol. The van der Waals surface area contributed by atoms with Gasteiger partial charge in [0.15, 0.2) is 5.65 Å². The lowest BCUT2D eigenvalue weighted by Gasteiger charge is -2.20. The average molecular weight is 578 g/mol. The van der Waals surface area contributed by atoms with Crippen molar-refractivity contribution in [3.63, 3.8) is 0 Å². The molecule has 0 aliphatic heterocycles. The number of hydrogen-bond acceptors (Lipinski definition) is 8. The van der Waals surface area contributed by atoms with E-state index >= 15 is 0 Å². The molecular formula is C32H39N11. The van der Waals surface area contributed by atoms with E-state index in [1.807, 2.05) is 18.3 Å². The highest BCUT2D eigenvalue weighted by molar-refractivity contribution is 6.00. The molecule has 2 aliphatic carbocycles. The Labute approximate surface area is 250 Å². The third-order valence-corrected chi connectivity index (χ3v) is 9.53. The standard InChI is InChI=1S/C16H18N6.C16H21N5/c1-10-7-11(3-2-5-17)8-14(10)22-15-12-4-6-18-16(12)19-9-13(15)20-21-22;1-10-7-11(3-2-5-17)8-14(10)21-15-12-4-6-19-16(12)20-9-13(15)18/h4,6,9-11,14,21H,2-3,7-8H2,1H3;4,6,9-11,14H,2-3,7-8,18H2,1H3,(H2,19,20,21)/t10-,11-,14+;/m1./s1. The van der Waals surface area contributed by atoms with Gasteiger partial charge in [-0.2, -0.15) is 15.6 Å². The second kappa shape index (κ2) is 12.3. The number of pyridine rings is 2. The van der Waals surface area contributed by atoms with E-state index in [2.05, 4.69) is 66.2 Å². The molecule has 5 heterocycles. The topological polar surface area (TPSA) is 174 Å². The molecule has 2 saturated carbocycles. The largest absolute Gasteiger partial charge is 0.396 e. The van der Waals surface area contributed by atoms with Crippen molar-refractivity contribution in [2.75, 3.05) is 11.1 Å². The summed E-state index contributed by atoms with van der Waals surface area (Å²) in [5.41, 5.74) is 11.4. The molecule has 2 fully saturated rings. The Morgan fingerprint density at radius 3 is 2.51 bits per heavy atom. The van der Waals surface area contributed by atoms with Gasteiger partial charge in [-0.1, -0.05) is 13.8 Å². The van der Waals surface area contributed by atoms with Crippen LogP contribution in [0.15, 0.2) is 36.9 Å². The zero-order chi connectivity index (χ0) is 29.9. The van der Waals surface area contributed by atoms with Gasteiger partial charge in [0.2, 0.25) is 0 Å². The van der Waals surface area contributed by atoms with E-state index < -0.39 is 0 Å². The molecule has 2 aliphatic rings. The van der Waals surface area contributed by atoms with Crippen molar-refractivity contribution < 1.29 is 0 Å². The molecule has 43 heavy (non-hydrogen) atoms. The number of nitriles is 2. The van der Waals surface area contributed by atoms with Gasteiger partial charge in [-0.3, -0.25) is 4.68 Å². The first-order valence-corrected chi connectivity index (χ1v) is 15.3. The summed E-state index contributed by atoms with van der Waals surface area (Å²) < 4.78 is 2.19. The van der Waals surface area contributed by atoms with Gasteiger partial charge in [0.05, 0.1) is 47.5 Å². The smallest absolute Gasteiger partial charge is 0.161 e. The summed E-state index contributed by atoms with van der Waals surface area (Å²) in [6.07, 6.45) is 15.0. The number of aromatic amines is 2. The predicted molar refractivity (Wildman–Crippen MR) is 168 cm³/mol. The molecule has 0 radical (unpaired) electrons. The fourth-order valence-electron chi connectivity index (χ4n) is 7.34. The first-order chi connectivity index (χ1) is 21.0. The molecule has 0 bridgehead atoms. The van der Waals surface area contributed by atoms with Crippen LogP contribution in [-0.4, -0.2) is 41.0 Å². The number of nitrogens with two attached hydrogens (primary N) is 1. The van der Waals surface area contributed by atoms with Gasteiger partial charge in [0.25, 0.3) is 0 Å². The van der Waals surface area contributed by atoms with Crippen molar-refractivity contribution in [1.29, 1.82) is 10.5 Å². The number of rotatable bonds is 7. The van der Waals surface area contributed by atoms with Crippen LogP contribution in [0.1, 0.15) is 71.3 Å². The molecule has 0 spiro atoms. The highest BCUT2D eigenvalue weighted by atomic mass is 15.4. The minimum atomic E-state index is 0.397. The van der Waals surface area contributed by atoms with Crippen LogP contribution in [-0.2, 0) is 0 Å². The summed E-state index contributed by atoms with van der Waals surface area (Å²) in [5.74, 6) is 2.43. The van der Waals surface area contributed by atoms with Crippen LogP contribution in [0.5, 0.6) is 0 Å². The van der Waals surface area contributed by atoms with Gasteiger partial charge in [-0.25, -0.2) is 20.2 Å². The summed E-state index contributed by atoms with van der Waals surface area (Å²) in [6.45, 7) is 4.56. The minimum Gasteiger partial charge on any atom is -0.396 e.